The molecule has 1 saturated heterocycles. The molecule has 1 amide bonds. The molecule has 2 aromatic heterocycles. The van der Waals surface area contributed by atoms with Crippen LogP contribution in [-0.2, 0) is 4.79 Å². The van der Waals surface area contributed by atoms with E-state index in [0.717, 1.165) is 42.2 Å². The van der Waals surface area contributed by atoms with Crippen molar-refractivity contribution < 1.29 is 4.79 Å². The number of hydrogen-bond acceptors (Lipinski definition) is 7. The van der Waals surface area contributed by atoms with Gasteiger partial charge in [-0.05, 0) is 29.6 Å². The number of carbonyl (C=O) groups excluding carboxylic acids is 1. The molecule has 1 aromatic carbocycles. The van der Waals surface area contributed by atoms with Gasteiger partial charge in [-0.1, -0.05) is 11.6 Å². The first-order valence-corrected chi connectivity index (χ1v) is 10.0. The summed E-state index contributed by atoms with van der Waals surface area (Å²) in [5.41, 5.74) is 0.839. The largest absolute Gasteiger partial charge is 0.353 e. The van der Waals surface area contributed by atoms with Crippen molar-refractivity contribution in [2.75, 3.05) is 42.9 Å². The summed E-state index contributed by atoms with van der Waals surface area (Å²) in [6.07, 6.45) is 1.60. The average Bonchev–Trinajstić information content (AvgIpc) is 3.18. The standard InChI is InChI=1S/C19H17ClN6OS/c20-14-2-1-13(10-21)16(9-14)24-17(27)11-25-4-6-26(7-5-25)18-15-3-8-28-19(15)23-12-22-18/h1-3,8-9,12H,4-7,11H2,(H,24,27). The molecular weight excluding hydrogens is 396 g/mol. The Bertz CT molecular complexity index is 1050. The average molecular weight is 413 g/mol. The summed E-state index contributed by atoms with van der Waals surface area (Å²) in [6, 6.07) is 8.94. The monoisotopic (exact) mass is 412 g/mol. The normalized spacial score (nSPS) is 14.8. The van der Waals surface area contributed by atoms with Crippen LogP contribution in [0, 0.1) is 11.3 Å². The van der Waals surface area contributed by atoms with Crippen LogP contribution >= 0.6 is 22.9 Å². The second-order valence-electron chi connectivity index (χ2n) is 6.45. The van der Waals surface area contributed by atoms with Crippen molar-refractivity contribution in [3.05, 3.63) is 46.6 Å². The maximum Gasteiger partial charge on any atom is 0.238 e. The van der Waals surface area contributed by atoms with Gasteiger partial charge in [0.2, 0.25) is 5.91 Å². The van der Waals surface area contributed by atoms with Crippen LogP contribution in [0.15, 0.2) is 36.0 Å². The molecule has 0 atom stereocenters. The molecule has 1 fully saturated rings. The van der Waals surface area contributed by atoms with E-state index >= 15 is 0 Å². The Morgan fingerprint density at radius 2 is 2.07 bits per heavy atom. The predicted molar refractivity (Wildman–Crippen MR) is 111 cm³/mol. The van der Waals surface area contributed by atoms with Gasteiger partial charge < -0.3 is 10.2 Å². The van der Waals surface area contributed by atoms with Crippen LogP contribution in [0.1, 0.15) is 5.56 Å². The highest BCUT2D eigenvalue weighted by atomic mass is 35.5. The second-order valence-corrected chi connectivity index (χ2v) is 7.78. The number of anilines is 2. The van der Waals surface area contributed by atoms with Gasteiger partial charge in [-0.15, -0.1) is 11.3 Å². The van der Waals surface area contributed by atoms with Crippen LogP contribution in [0.25, 0.3) is 10.2 Å². The lowest BCUT2D eigenvalue weighted by molar-refractivity contribution is -0.117. The Morgan fingerprint density at radius 1 is 1.25 bits per heavy atom. The Balaban J connectivity index is 1.36. The zero-order chi connectivity index (χ0) is 19.5. The summed E-state index contributed by atoms with van der Waals surface area (Å²) in [6.45, 7) is 3.35. The molecule has 4 rings (SSSR count). The van der Waals surface area contributed by atoms with Gasteiger partial charge >= 0.3 is 0 Å². The number of amides is 1. The number of halogens is 1. The molecule has 28 heavy (non-hydrogen) atoms. The zero-order valence-electron chi connectivity index (χ0n) is 14.9. The zero-order valence-corrected chi connectivity index (χ0v) is 16.5. The second kappa shape index (κ2) is 8.10. The SMILES string of the molecule is N#Cc1ccc(Cl)cc1NC(=O)CN1CCN(c2ncnc3sccc23)CC1. The summed E-state index contributed by atoms with van der Waals surface area (Å²) in [5, 5.41) is 15.5. The Hall–Kier alpha value is -2.73. The fourth-order valence-electron chi connectivity index (χ4n) is 3.26. The minimum absolute atomic E-state index is 0.158. The predicted octanol–water partition coefficient (Wildman–Crippen LogP) is 2.98. The molecule has 3 heterocycles. The van der Waals surface area contributed by atoms with Crippen molar-refractivity contribution in [1.29, 1.82) is 5.26 Å². The number of benzene rings is 1. The van der Waals surface area contributed by atoms with Gasteiger partial charge in [-0.3, -0.25) is 9.69 Å². The summed E-state index contributed by atoms with van der Waals surface area (Å²) in [5.74, 6) is 0.794. The van der Waals surface area contributed by atoms with Crippen molar-refractivity contribution in [2.45, 2.75) is 0 Å². The van der Waals surface area contributed by atoms with Crippen molar-refractivity contribution in [1.82, 2.24) is 14.9 Å². The highest BCUT2D eigenvalue weighted by Crippen LogP contribution is 2.27. The van der Waals surface area contributed by atoms with E-state index in [2.05, 4.69) is 31.2 Å². The molecule has 9 heteroatoms. The van der Waals surface area contributed by atoms with Crippen LogP contribution in [0.3, 0.4) is 0 Å². The first kappa shape index (κ1) is 18.6. The number of hydrogen-bond donors (Lipinski definition) is 1. The van der Waals surface area contributed by atoms with E-state index < -0.39 is 0 Å². The fourth-order valence-corrected chi connectivity index (χ4v) is 4.16. The van der Waals surface area contributed by atoms with Gasteiger partial charge in [-0.2, -0.15) is 5.26 Å². The van der Waals surface area contributed by atoms with Crippen molar-refractivity contribution in [3.63, 3.8) is 0 Å². The van der Waals surface area contributed by atoms with Gasteiger partial charge in [0.25, 0.3) is 0 Å². The van der Waals surface area contributed by atoms with Crippen LogP contribution in [-0.4, -0.2) is 53.5 Å². The van der Waals surface area contributed by atoms with E-state index in [9.17, 15) is 10.1 Å². The Labute approximate surface area is 171 Å². The van der Waals surface area contributed by atoms with E-state index in [-0.39, 0.29) is 12.5 Å². The van der Waals surface area contributed by atoms with Crippen molar-refractivity contribution in [2.24, 2.45) is 0 Å². The summed E-state index contributed by atoms with van der Waals surface area (Å²) < 4.78 is 0. The molecule has 0 bridgehead atoms. The molecule has 7 nitrogen and oxygen atoms in total. The molecule has 0 radical (unpaired) electrons. The third-order valence-electron chi connectivity index (χ3n) is 4.66. The van der Waals surface area contributed by atoms with E-state index in [1.807, 2.05) is 11.4 Å². The number of nitrogens with one attached hydrogen (secondary N) is 1. The van der Waals surface area contributed by atoms with Gasteiger partial charge in [-0.25, -0.2) is 9.97 Å². The number of fused-ring (bicyclic) bond motifs is 1. The van der Waals surface area contributed by atoms with Crippen LogP contribution in [0.2, 0.25) is 5.02 Å². The maximum atomic E-state index is 12.4. The number of nitrogens with zero attached hydrogens (tertiary/aromatic N) is 5. The first-order chi connectivity index (χ1) is 13.6. The summed E-state index contributed by atoms with van der Waals surface area (Å²) in [7, 11) is 0. The number of carbonyl (C=O) groups is 1. The Morgan fingerprint density at radius 3 is 2.86 bits per heavy atom. The van der Waals surface area contributed by atoms with Crippen LogP contribution < -0.4 is 10.2 Å². The van der Waals surface area contributed by atoms with Gasteiger partial charge in [0, 0.05) is 31.2 Å². The third-order valence-corrected chi connectivity index (χ3v) is 5.71. The molecule has 0 unspecified atom stereocenters. The summed E-state index contributed by atoms with van der Waals surface area (Å²) in [4.78, 5) is 26.5. The highest BCUT2D eigenvalue weighted by Gasteiger charge is 2.22. The molecule has 0 saturated carbocycles. The highest BCUT2D eigenvalue weighted by molar-refractivity contribution is 7.16. The van der Waals surface area contributed by atoms with Crippen molar-refractivity contribution >= 4 is 50.6 Å². The molecule has 3 aromatic rings. The number of rotatable bonds is 4. The van der Waals surface area contributed by atoms with E-state index in [4.69, 9.17) is 11.6 Å². The lowest BCUT2D eigenvalue weighted by Crippen LogP contribution is -2.49. The molecule has 1 aliphatic rings. The van der Waals surface area contributed by atoms with E-state index in [1.165, 1.54) is 0 Å². The van der Waals surface area contributed by atoms with E-state index in [1.54, 1.807) is 35.9 Å². The lowest BCUT2D eigenvalue weighted by Gasteiger charge is -2.35. The molecule has 142 valence electrons. The topological polar surface area (TPSA) is 85.2 Å². The fraction of sp³-hybridized carbons (Fsp3) is 0.263. The smallest absolute Gasteiger partial charge is 0.238 e. The quantitative estimate of drug-likeness (QED) is 0.709. The number of aromatic nitrogens is 2. The van der Waals surface area contributed by atoms with Gasteiger partial charge in [0.15, 0.2) is 0 Å². The molecular formula is C19H17ClN6OS. The summed E-state index contributed by atoms with van der Waals surface area (Å²) >= 11 is 7.58. The molecule has 1 N–H and O–H groups in total. The molecule has 1 aliphatic heterocycles. The third kappa shape index (κ3) is 3.92. The number of thiophene rings is 1. The number of piperazine rings is 1. The molecule has 0 spiro atoms. The minimum atomic E-state index is -0.158. The van der Waals surface area contributed by atoms with Crippen molar-refractivity contribution in [3.8, 4) is 6.07 Å². The number of nitriles is 1. The van der Waals surface area contributed by atoms with Crippen LogP contribution in [0.5, 0.6) is 0 Å². The first-order valence-electron chi connectivity index (χ1n) is 8.79. The van der Waals surface area contributed by atoms with Crippen LogP contribution in [0.4, 0.5) is 11.5 Å². The molecule has 0 aliphatic carbocycles. The van der Waals surface area contributed by atoms with E-state index in [0.29, 0.717) is 16.3 Å². The van der Waals surface area contributed by atoms with Gasteiger partial charge in [0.1, 0.15) is 23.0 Å². The van der Waals surface area contributed by atoms with Gasteiger partial charge in [0.05, 0.1) is 23.2 Å². The lowest BCUT2D eigenvalue weighted by atomic mass is 10.2. The Kier molecular flexibility index (Phi) is 5.39. The minimum Gasteiger partial charge on any atom is -0.353 e. The maximum absolute atomic E-state index is 12.4.